The number of nitrogens with zero attached hydrogens (tertiary/aromatic N) is 3. The van der Waals surface area contributed by atoms with Crippen molar-refractivity contribution in [3.05, 3.63) is 83.5 Å². The van der Waals surface area contributed by atoms with Crippen LogP contribution in [0.1, 0.15) is 12.5 Å². The van der Waals surface area contributed by atoms with Crippen molar-refractivity contribution in [3.8, 4) is 16.9 Å². The smallest absolute Gasteiger partial charge is 0.150 e. The summed E-state index contributed by atoms with van der Waals surface area (Å²) in [4.78, 5) is 13.8. The molecule has 0 spiro atoms. The van der Waals surface area contributed by atoms with Gasteiger partial charge in [-0.1, -0.05) is 31.7 Å². The summed E-state index contributed by atoms with van der Waals surface area (Å²) in [6.45, 7) is 7.86. The van der Waals surface area contributed by atoms with Crippen LogP contribution in [-0.2, 0) is 0 Å². The molecule has 4 aromatic rings. The average Bonchev–Trinajstić information content (AvgIpc) is 3.20. The van der Waals surface area contributed by atoms with Crippen LogP contribution in [-0.4, -0.2) is 47.1 Å². The third-order valence-corrected chi connectivity index (χ3v) is 5.72. The molecule has 0 aliphatic rings. The fourth-order valence-electron chi connectivity index (χ4n) is 4.18. The van der Waals surface area contributed by atoms with E-state index in [0.717, 1.165) is 28.6 Å². The van der Waals surface area contributed by atoms with Gasteiger partial charge in [-0.25, -0.2) is 9.37 Å². The highest BCUT2D eigenvalue weighted by Gasteiger charge is 2.15. The fraction of sp³-hybridized carbons (Fsp3) is 0.214. The van der Waals surface area contributed by atoms with Crippen LogP contribution in [0, 0.1) is 11.7 Å². The lowest BCUT2D eigenvalue weighted by Gasteiger charge is -2.17. The van der Waals surface area contributed by atoms with Crippen LogP contribution in [0.5, 0.6) is 5.75 Å². The molecule has 0 aliphatic heterocycles. The third-order valence-electron chi connectivity index (χ3n) is 5.72. The highest BCUT2D eigenvalue weighted by molar-refractivity contribution is 5.98. The maximum Gasteiger partial charge on any atom is 0.150 e. The number of nitrogens with one attached hydrogen (secondary N) is 1. The lowest BCUT2D eigenvalue weighted by molar-refractivity contribution is 0.222. The molecule has 0 saturated heterocycles. The molecule has 7 heteroatoms. The number of allylic oxidation sites excluding steroid dienone is 1. The maximum absolute atomic E-state index is 15.2. The van der Waals surface area contributed by atoms with Gasteiger partial charge in [-0.05, 0) is 55.1 Å². The van der Waals surface area contributed by atoms with Crippen LogP contribution < -0.4 is 21.0 Å². The van der Waals surface area contributed by atoms with Gasteiger partial charge in [0.05, 0.1) is 18.2 Å². The highest BCUT2D eigenvalue weighted by Crippen LogP contribution is 2.29. The van der Waals surface area contributed by atoms with Gasteiger partial charge >= 0.3 is 0 Å². The summed E-state index contributed by atoms with van der Waals surface area (Å²) in [5.74, 6) is 0.709. The molecule has 1 aromatic carbocycles. The lowest BCUT2D eigenvalue weighted by atomic mass is 10.0. The zero-order chi connectivity index (χ0) is 24.9. The van der Waals surface area contributed by atoms with Crippen LogP contribution in [0.4, 0.5) is 4.39 Å². The Kier molecular flexibility index (Phi) is 7.27. The first kappa shape index (κ1) is 24.2. The summed E-state index contributed by atoms with van der Waals surface area (Å²) < 4.78 is 21.2. The van der Waals surface area contributed by atoms with Crippen molar-refractivity contribution in [2.24, 2.45) is 11.7 Å². The van der Waals surface area contributed by atoms with E-state index in [1.807, 2.05) is 56.6 Å². The number of aromatic amines is 1. The molecule has 6 nitrogen and oxygen atoms in total. The second kappa shape index (κ2) is 10.5. The number of hydrogen-bond donors (Lipinski definition) is 2. The molecule has 0 amide bonds. The Labute approximate surface area is 204 Å². The van der Waals surface area contributed by atoms with Crippen molar-refractivity contribution in [3.63, 3.8) is 0 Å². The Morgan fingerprint density at radius 1 is 1.23 bits per heavy atom. The van der Waals surface area contributed by atoms with E-state index in [1.165, 1.54) is 12.4 Å². The number of rotatable bonds is 8. The zero-order valence-corrected chi connectivity index (χ0v) is 20.3. The topological polar surface area (TPSA) is 80.1 Å². The monoisotopic (exact) mass is 471 g/mol. The van der Waals surface area contributed by atoms with E-state index >= 15 is 4.39 Å². The van der Waals surface area contributed by atoms with Crippen LogP contribution in [0.15, 0.2) is 61.6 Å². The van der Waals surface area contributed by atoms with Crippen molar-refractivity contribution in [1.29, 1.82) is 0 Å². The summed E-state index contributed by atoms with van der Waals surface area (Å²) in [5, 5.41) is 2.00. The van der Waals surface area contributed by atoms with E-state index < -0.39 is 5.82 Å². The number of H-pyrrole nitrogens is 1. The number of aromatic nitrogens is 3. The first-order valence-corrected chi connectivity index (χ1v) is 11.4. The summed E-state index contributed by atoms with van der Waals surface area (Å²) in [7, 11) is 4.09. The standard InChI is InChI=1S/C28H30FN5O/c1-18(16-34(3)4)17-35-22-9-7-20(8-10-22)26-24(29)15-32-28-27(26)23(25(13-30)33-28)12-19(2)21-6-5-11-31-14-21/h5-15,18H,2,16-17,30H2,1,3-4H3,(H,32,33)/b23-12+,25-13+. The molecule has 0 aliphatic carbocycles. The minimum Gasteiger partial charge on any atom is -0.493 e. The Morgan fingerprint density at radius 3 is 2.66 bits per heavy atom. The molecule has 3 heterocycles. The van der Waals surface area contributed by atoms with Gasteiger partial charge in [0, 0.05) is 47.2 Å². The molecular weight excluding hydrogens is 441 g/mol. The van der Waals surface area contributed by atoms with E-state index in [-0.39, 0.29) is 0 Å². The van der Waals surface area contributed by atoms with E-state index in [1.54, 1.807) is 12.4 Å². The summed E-state index contributed by atoms with van der Waals surface area (Å²) >= 11 is 0. The molecule has 0 fully saturated rings. The van der Waals surface area contributed by atoms with Gasteiger partial charge in [0.2, 0.25) is 0 Å². The normalized spacial score (nSPS) is 13.5. The van der Waals surface area contributed by atoms with E-state index in [2.05, 4.69) is 33.4 Å². The van der Waals surface area contributed by atoms with Gasteiger partial charge in [-0.15, -0.1) is 0 Å². The number of nitrogens with two attached hydrogens (primary N) is 1. The Hall–Kier alpha value is -3.97. The number of halogens is 1. The first-order valence-electron chi connectivity index (χ1n) is 11.4. The Bertz CT molecular complexity index is 1440. The molecule has 3 aromatic heterocycles. The third kappa shape index (κ3) is 5.41. The average molecular weight is 472 g/mol. The van der Waals surface area contributed by atoms with Gasteiger partial charge < -0.3 is 20.4 Å². The number of hydrogen-bond acceptors (Lipinski definition) is 5. The highest BCUT2D eigenvalue weighted by atomic mass is 19.1. The summed E-state index contributed by atoms with van der Waals surface area (Å²) in [5.41, 5.74) is 9.20. The van der Waals surface area contributed by atoms with Crippen LogP contribution in [0.25, 0.3) is 40.0 Å². The predicted molar refractivity (Wildman–Crippen MR) is 140 cm³/mol. The van der Waals surface area contributed by atoms with Crippen molar-refractivity contribution >= 4 is 28.9 Å². The first-order chi connectivity index (χ1) is 16.9. The molecular formula is C28H30FN5O. The van der Waals surface area contributed by atoms with Crippen molar-refractivity contribution in [2.75, 3.05) is 27.2 Å². The number of pyridine rings is 2. The molecule has 0 saturated carbocycles. The Balaban J connectivity index is 1.76. The molecule has 35 heavy (non-hydrogen) atoms. The number of ether oxygens (including phenoxy) is 1. The second-order valence-electron chi connectivity index (χ2n) is 8.94. The Morgan fingerprint density at radius 2 is 2.00 bits per heavy atom. The van der Waals surface area contributed by atoms with Gasteiger partial charge in [0.1, 0.15) is 17.2 Å². The molecule has 1 atom stereocenters. The maximum atomic E-state index is 15.2. The minimum absolute atomic E-state index is 0.388. The molecule has 3 N–H and O–H groups in total. The van der Waals surface area contributed by atoms with Crippen molar-refractivity contribution < 1.29 is 9.13 Å². The van der Waals surface area contributed by atoms with Crippen LogP contribution in [0.2, 0.25) is 0 Å². The van der Waals surface area contributed by atoms with Gasteiger partial charge in [-0.2, -0.15) is 0 Å². The number of benzene rings is 1. The SMILES string of the molecule is C=C(/C=c1\c(=C/N)[nH]c2ncc(F)c(-c3ccc(OCC(C)CN(C)C)cc3)c12)c1cccnc1. The van der Waals surface area contributed by atoms with E-state index in [9.17, 15) is 0 Å². The molecule has 1 unspecified atom stereocenters. The summed E-state index contributed by atoms with van der Waals surface area (Å²) in [6.07, 6.45) is 7.99. The lowest BCUT2D eigenvalue weighted by Crippen LogP contribution is -2.24. The largest absolute Gasteiger partial charge is 0.493 e. The van der Waals surface area contributed by atoms with Crippen molar-refractivity contribution in [1.82, 2.24) is 19.9 Å². The van der Waals surface area contributed by atoms with Gasteiger partial charge in [0.15, 0.2) is 0 Å². The second-order valence-corrected chi connectivity index (χ2v) is 8.94. The molecule has 0 radical (unpaired) electrons. The quantitative estimate of drug-likeness (QED) is 0.411. The minimum atomic E-state index is -0.421. The van der Waals surface area contributed by atoms with E-state index in [4.69, 9.17) is 10.5 Å². The fourth-order valence-corrected chi connectivity index (χ4v) is 4.18. The van der Waals surface area contributed by atoms with Crippen molar-refractivity contribution in [2.45, 2.75) is 6.92 Å². The molecule has 4 rings (SSSR count). The van der Waals surface area contributed by atoms with Gasteiger partial charge in [0.25, 0.3) is 0 Å². The molecule has 0 bridgehead atoms. The van der Waals surface area contributed by atoms with E-state index in [0.29, 0.717) is 40.0 Å². The van der Waals surface area contributed by atoms with Gasteiger partial charge in [-0.3, -0.25) is 4.98 Å². The van der Waals surface area contributed by atoms with Crippen LogP contribution in [0.3, 0.4) is 0 Å². The number of fused-ring (bicyclic) bond motifs is 1. The zero-order valence-electron chi connectivity index (χ0n) is 20.3. The molecule has 180 valence electrons. The summed E-state index contributed by atoms with van der Waals surface area (Å²) in [6, 6.07) is 11.2. The van der Waals surface area contributed by atoms with Crippen LogP contribution >= 0.6 is 0 Å². The predicted octanol–water partition coefficient (Wildman–Crippen LogP) is 3.53.